The number of rotatable bonds is 4. The van der Waals surface area contributed by atoms with E-state index >= 15 is 0 Å². The van der Waals surface area contributed by atoms with Gasteiger partial charge < -0.3 is 4.42 Å². The zero-order valence-electron chi connectivity index (χ0n) is 32.2. The van der Waals surface area contributed by atoms with Gasteiger partial charge in [0.1, 0.15) is 11.2 Å². The Bertz CT molecular complexity index is 3820. The summed E-state index contributed by atoms with van der Waals surface area (Å²) in [7, 11) is 0. The number of fused-ring (bicyclic) bond motifs is 10. The van der Waals surface area contributed by atoms with Crippen LogP contribution >= 0.6 is 0 Å². The van der Waals surface area contributed by atoms with E-state index in [1.165, 1.54) is 5.39 Å². The van der Waals surface area contributed by atoms with E-state index in [-0.39, 0.29) is 0 Å². The highest BCUT2D eigenvalue weighted by molar-refractivity contribution is 6.23. The summed E-state index contributed by atoms with van der Waals surface area (Å²) in [5, 5.41) is 13.5. The van der Waals surface area contributed by atoms with Crippen LogP contribution < -0.4 is 0 Å². The van der Waals surface area contributed by atoms with Crippen molar-refractivity contribution in [3.8, 4) is 39.9 Å². The van der Waals surface area contributed by atoms with E-state index in [4.69, 9.17) is 19.4 Å². The number of hydrogen-bond acceptors (Lipinski definition) is 4. The molecule has 5 heteroatoms. The van der Waals surface area contributed by atoms with Crippen molar-refractivity contribution in [1.29, 1.82) is 0 Å². The number of hydrogen-bond donors (Lipinski definition) is 0. The van der Waals surface area contributed by atoms with Gasteiger partial charge in [-0.2, -0.15) is 9.97 Å². The second-order valence-corrected chi connectivity index (χ2v) is 15.6. The van der Waals surface area contributed by atoms with Crippen molar-refractivity contribution in [2.24, 2.45) is 0 Å². The zero-order chi connectivity index (χ0) is 39.3. The van der Waals surface area contributed by atoms with Crippen LogP contribution in [0.4, 0.5) is 0 Å². The lowest BCUT2D eigenvalue weighted by Gasteiger charge is -2.15. The summed E-state index contributed by atoms with van der Waals surface area (Å²) in [6.07, 6.45) is 0. The average molecular weight is 765 g/mol. The molecule has 278 valence electrons. The summed E-state index contributed by atoms with van der Waals surface area (Å²) < 4.78 is 9.11. The first-order valence-corrected chi connectivity index (χ1v) is 20.3. The smallest absolute Gasteiger partial charge is 0.238 e. The molecule has 3 heterocycles. The molecule has 13 rings (SSSR count). The van der Waals surface area contributed by atoms with Gasteiger partial charge in [0.15, 0.2) is 11.6 Å². The van der Waals surface area contributed by atoms with Crippen molar-refractivity contribution in [2.45, 2.75) is 0 Å². The Morgan fingerprint density at radius 3 is 1.58 bits per heavy atom. The van der Waals surface area contributed by atoms with E-state index in [2.05, 4.69) is 193 Å². The van der Waals surface area contributed by atoms with Crippen LogP contribution in [0.25, 0.3) is 127 Å². The third kappa shape index (κ3) is 4.96. The molecular weight excluding hydrogens is 733 g/mol. The Labute approximate surface area is 343 Å². The average Bonchev–Trinajstić information content (AvgIpc) is 3.84. The third-order valence-corrected chi connectivity index (χ3v) is 12.2. The quantitative estimate of drug-likeness (QED) is 0.179. The standard InChI is InChI=1S/C55H32N4O/c1-3-14-35-28-40(26-24-33(35)12-1)53-56-54(41-27-25-34-13-2-4-15-36(34)29-41)58-55(57-53)59-48-32-38-17-6-5-16-37(38)30-46(48)44-21-11-22-45(51(44)59)50-42-19-8-7-18-39(42)31-47-43-20-9-10-23-49(43)60-52(47)50/h1-32H. The molecular formula is C55H32N4O. The van der Waals surface area contributed by atoms with Crippen LogP contribution in [0.2, 0.25) is 0 Å². The summed E-state index contributed by atoms with van der Waals surface area (Å²) in [5.41, 5.74) is 7.64. The predicted octanol–water partition coefficient (Wildman–Crippen LogP) is 14.5. The van der Waals surface area contributed by atoms with Gasteiger partial charge in [0.2, 0.25) is 5.95 Å². The second-order valence-electron chi connectivity index (χ2n) is 15.6. The van der Waals surface area contributed by atoms with Gasteiger partial charge in [-0.25, -0.2) is 4.98 Å². The topological polar surface area (TPSA) is 56.7 Å². The molecule has 0 N–H and O–H groups in total. The van der Waals surface area contributed by atoms with Crippen LogP contribution in [0, 0.1) is 0 Å². The fourth-order valence-electron chi connectivity index (χ4n) is 9.33. The molecule has 0 unspecified atom stereocenters. The van der Waals surface area contributed by atoms with Gasteiger partial charge in [0.25, 0.3) is 0 Å². The van der Waals surface area contributed by atoms with Crippen LogP contribution in [0.1, 0.15) is 0 Å². The Morgan fingerprint density at radius 2 is 0.900 bits per heavy atom. The van der Waals surface area contributed by atoms with Crippen LogP contribution in [0.5, 0.6) is 0 Å². The lowest BCUT2D eigenvalue weighted by molar-refractivity contribution is 0.670. The molecule has 0 aliphatic carbocycles. The number of aromatic nitrogens is 4. The number of para-hydroxylation sites is 2. The summed E-state index contributed by atoms with van der Waals surface area (Å²) in [4.78, 5) is 16.1. The van der Waals surface area contributed by atoms with E-state index in [1.54, 1.807) is 0 Å². The second kappa shape index (κ2) is 12.7. The van der Waals surface area contributed by atoms with Crippen LogP contribution in [-0.4, -0.2) is 19.5 Å². The van der Waals surface area contributed by atoms with Crippen molar-refractivity contribution in [2.75, 3.05) is 0 Å². The maximum Gasteiger partial charge on any atom is 0.238 e. The molecule has 0 saturated heterocycles. The molecule has 0 amide bonds. The van der Waals surface area contributed by atoms with Gasteiger partial charge in [-0.3, -0.25) is 4.57 Å². The van der Waals surface area contributed by atoms with Crippen molar-refractivity contribution in [1.82, 2.24) is 19.5 Å². The first-order chi connectivity index (χ1) is 29.7. The van der Waals surface area contributed by atoms with E-state index < -0.39 is 0 Å². The van der Waals surface area contributed by atoms with Gasteiger partial charge in [-0.15, -0.1) is 0 Å². The monoisotopic (exact) mass is 764 g/mol. The SMILES string of the molecule is c1ccc2cc(-c3nc(-c4ccc5ccccc5c4)nc(-n4c5cc6ccccc6cc5c5cccc(-c6c7ccccc7cc7c6oc6ccccc67)c54)n3)ccc2c1. The molecule has 0 aliphatic rings. The van der Waals surface area contributed by atoms with E-state index in [9.17, 15) is 0 Å². The van der Waals surface area contributed by atoms with Crippen molar-refractivity contribution >= 4 is 86.8 Å². The summed E-state index contributed by atoms with van der Waals surface area (Å²) in [6, 6.07) is 68.7. The largest absolute Gasteiger partial charge is 0.455 e. The molecule has 60 heavy (non-hydrogen) atoms. The molecule has 0 aliphatic heterocycles. The lowest BCUT2D eigenvalue weighted by atomic mass is 9.93. The molecule has 0 bridgehead atoms. The third-order valence-electron chi connectivity index (χ3n) is 12.2. The zero-order valence-corrected chi connectivity index (χ0v) is 32.2. The fraction of sp³-hybridized carbons (Fsp3) is 0. The minimum Gasteiger partial charge on any atom is -0.455 e. The minimum atomic E-state index is 0.542. The van der Waals surface area contributed by atoms with E-state index in [0.717, 1.165) is 104 Å². The first kappa shape index (κ1) is 32.9. The molecule has 0 atom stereocenters. The van der Waals surface area contributed by atoms with Crippen molar-refractivity contribution < 1.29 is 4.42 Å². The van der Waals surface area contributed by atoms with Crippen molar-refractivity contribution in [3.63, 3.8) is 0 Å². The van der Waals surface area contributed by atoms with Crippen LogP contribution in [-0.2, 0) is 0 Å². The predicted molar refractivity (Wildman–Crippen MR) is 248 cm³/mol. The maximum atomic E-state index is 6.85. The van der Waals surface area contributed by atoms with Gasteiger partial charge in [-0.05, 0) is 79.5 Å². The number of benzene rings is 10. The molecule has 3 aromatic heterocycles. The Hall–Kier alpha value is -8.15. The Balaban J connectivity index is 1.18. The number of furan rings is 1. The van der Waals surface area contributed by atoms with E-state index in [1.807, 2.05) is 6.07 Å². The summed E-state index contributed by atoms with van der Waals surface area (Å²) in [6.45, 7) is 0. The lowest BCUT2D eigenvalue weighted by Crippen LogP contribution is -2.07. The molecule has 0 spiro atoms. The first-order valence-electron chi connectivity index (χ1n) is 20.3. The molecule has 5 nitrogen and oxygen atoms in total. The highest BCUT2D eigenvalue weighted by Gasteiger charge is 2.24. The Morgan fingerprint density at radius 1 is 0.367 bits per heavy atom. The highest BCUT2D eigenvalue weighted by atomic mass is 16.3. The summed E-state index contributed by atoms with van der Waals surface area (Å²) in [5.74, 6) is 1.75. The highest BCUT2D eigenvalue weighted by Crippen LogP contribution is 2.46. The van der Waals surface area contributed by atoms with Gasteiger partial charge >= 0.3 is 0 Å². The van der Waals surface area contributed by atoms with Crippen molar-refractivity contribution in [3.05, 3.63) is 194 Å². The molecule has 10 aromatic carbocycles. The van der Waals surface area contributed by atoms with Gasteiger partial charge in [0, 0.05) is 43.8 Å². The summed E-state index contributed by atoms with van der Waals surface area (Å²) >= 11 is 0. The molecule has 0 radical (unpaired) electrons. The molecule has 13 aromatic rings. The minimum absolute atomic E-state index is 0.542. The normalized spacial score (nSPS) is 12.0. The maximum absolute atomic E-state index is 6.85. The number of nitrogens with zero attached hydrogens (tertiary/aromatic N) is 4. The van der Waals surface area contributed by atoms with Gasteiger partial charge in [-0.1, -0.05) is 158 Å². The molecule has 0 fully saturated rings. The van der Waals surface area contributed by atoms with Crippen LogP contribution in [0.3, 0.4) is 0 Å². The van der Waals surface area contributed by atoms with Crippen LogP contribution in [0.15, 0.2) is 199 Å². The van der Waals surface area contributed by atoms with E-state index in [0.29, 0.717) is 17.6 Å². The molecule has 0 saturated carbocycles. The van der Waals surface area contributed by atoms with Gasteiger partial charge in [0.05, 0.1) is 11.0 Å². The fourth-order valence-corrected chi connectivity index (χ4v) is 9.33. The Kier molecular flexibility index (Phi) is 6.95.